The normalized spacial score (nSPS) is 17.8. The first-order chi connectivity index (χ1) is 13.8. The summed E-state index contributed by atoms with van der Waals surface area (Å²) in [7, 11) is -3.12. The average molecular weight is 435 g/mol. The molecule has 1 fully saturated rings. The first-order valence-electron chi connectivity index (χ1n) is 9.94. The van der Waals surface area contributed by atoms with E-state index >= 15 is 0 Å². The van der Waals surface area contributed by atoms with E-state index in [9.17, 15) is 13.2 Å². The summed E-state index contributed by atoms with van der Waals surface area (Å²) in [6.07, 6.45) is 0.454. The minimum atomic E-state index is -3.12. The van der Waals surface area contributed by atoms with Gasteiger partial charge >= 0.3 is 0 Å². The third-order valence-electron chi connectivity index (χ3n) is 5.43. The van der Waals surface area contributed by atoms with Crippen molar-refractivity contribution in [3.8, 4) is 0 Å². The van der Waals surface area contributed by atoms with Crippen molar-refractivity contribution in [3.05, 3.63) is 64.7 Å². The Bertz CT molecular complexity index is 956. The number of nitrogens with zero attached hydrogens (tertiary/aromatic N) is 2. The van der Waals surface area contributed by atoms with Gasteiger partial charge in [-0.2, -0.15) is 0 Å². The van der Waals surface area contributed by atoms with Crippen LogP contribution in [0.3, 0.4) is 0 Å². The fraction of sp³-hybridized carbons (Fsp3) is 0.409. The molecule has 1 atom stereocenters. The average Bonchev–Trinajstić information content (AvgIpc) is 3.07. The molecule has 1 saturated heterocycles. The number of halogens is 1. The Labute approximate surface area is 178 Å². The Morgan fingerprint density at radius 3 is 2.28 bits per heavy atom. The topological polar surface area (TPSA) is 57.7 Å². The van der Waals surface area contributed by atoms with E-state index in [4.69, 9.17) is 11.6 Å². The van der Waals surface area contributed by atoms with E-state index in [-0.39, 0.29) is 23.5 Å². The van der Waals surface area contributed by atoms with E-state index < -0.39 is 9.84 Å². The van der Waals surface area contributed by atoms with Crippen molar-refractivity contribution in [3.63, 3.8) is 0 Å². The number of carbonyl (C=O) groups excluding carboxylic acids is 1. The number of amides is 1. The number of benzene rings is 2. The molecular formula is C22H27ClN2O3S. The molecule has 29 heavy (non-hydrogen) atoms. The summed E-state index contributed by atoms with van der Waals surface area (Å²) in [6.45, 7) is 6.42. The van der Waals surface area contributed by atoms with Crippen molar-refractivity contribution in [2.75, 3.05) is 29.5 Å². The van der Waals surface area contributed by atoms with E-state index in [1.807, 2.05) is 24.3 Å². The molecule has 0 radical (unpaired) electrons. The number of hydrogen-bond donors (Lipinski definition) is 0. The first kappa shape index (κ1) is 21.7. The van der Waals surface area contributed by atoms with E-state index in [1.54, 1.807) is 29.2 Å². The summed E-state index contributed by atoms with van der Waals surface area (Å²) in [4.78, 5) is 17.2. The van der Waals surface area contributed by atoms with E-state index in [2.05, 4.69) is 18.7 Å². The molecule has 2 aromatic carbocycles. The zero-order valence-corrected chi connectivity index (χ0v) is 18.4. The SMILES string of the molecule is CCN(CC)c1ccc(CN(C(=O)c2ccccc2Cl)[C@H]2CCS(=O)(=O)C2)cc1. The molecule has 2 aromatic rings. The smallest absolute Gasteiger partial charge is 0.255 e. The van der Waals surface area contributed by atoms with Crippen LogP contribution in [0.2, 0.25) is 5.02 Å². The molecule has 5 nitrogen and oxygen atoms in total. The largest absolute Gasteiger partial charge is 0.372 e. The quantitative estimate of drug-likeness (QED) is 0.660. The second-order valence-electron chi connectivity index (χ2n) is 7.31. The minimum Gasteiger partial charge on any atom is -0.372 e. The highest BCUT2D eigenvalue weighted by Gasteiger charge is 2.35. The Morgan fingerprint density at radius 1 is 1.07 bits per heavy atom. The van der Waals surface area contributed by atoms with Gasteiger partial charge in [0.2, 0.25) is 0 Å². The molecule has 0 bridgehead atoms. The molecule has 1 amide bonds. The van der Waals surface area contributed by atoms with Gasteiger partial charge in [0, 0.05) is 31.4 Å². The minimum absolute atomic E-state index is 0.000718. The summed E-state index contributed by atoms with van der Waals surface area (Å²) in [5, 5.41) is 0.375. The van der Waals surface area contributed by atoms with Crippen molar-refractivity contribution in [1.82, 2.24) is 4.90 Å². The Kier molecular flexibility index (Phi) is 6.85. The fourth-order valence-electron chi connectivity index (χ4n) is 3.77. The Morgan fingerprint density at radius 2 is 1.72 bits per heavy atom. The van der Waals surface area contributed by atoms with Crippen LogP contribution >= 0.6 is 11.6 Å². The number of sulfone groups is 1. The Balaban J connectivity index is 1.88. The van der Waals surface area contributed by atoms with Crippen LogP contribution in [-0.4, -0.2) is 49.9 Å². The van der Waals surface area contributed by atoms with Gasteiger partial charge in [0.25, 0.3) is 5.91 Å². The number of carbonyl (C=O) groups is 1. The highest BCUT2D eigenvalue weighted by atomic mass is 35.5. The molecule has 0 spiro atoms. The molecule has 156 valence electrons. The molecule has 3 rings (SSSR count). The lowest BCUT2D eigenvalue weighted by Crippen LogP contribution is -2.40. The van der Waals surface area contributed by atoms with Gasteiger partial charge in [0.1, 0.15) is 0 Å². The third kappa shape index (κ3) is 5.11. The van der Waals surface area contributed by atoms with Crippen LogP contribution in [0, 0.1) is 0 Å². The van der Waals surface area contributed by atoms with Gasteiger partial charge in [-0.3, -0.25) is 4.79 Å². The van der Waals surface area contributed by atoms with E-state index in [1.165, 1.54) is 0 Å². The lowest BCUT2D eigenvalue weighted by molar-refractivity contribution is 0.0681. The van der Waals surface area contributed by atoms with Crippen molar-refractivity contribution < 1.29 is 13.2 Å². The maximum atomic E-state index is 13.3. The summed E-state index contributed by atoms with van der Waals surface area (Å²) in [6, 6.07) is 14.7. The van der Waals surface area contributed by atoms with Crippen molar-refractivity contribution in [1.29, 1.82) is 0 Å². The highest BCUT2D eigenvalue weighted by molar-refractivity contribution is 7.91. The van der Waals surface area contributed by atoms with Crippen molar-refractivity contribution in [2.45, 2.75) is 32.9 Å². The van der Waals surface area contributed by atoms with E-state index in [0.29, 0.717) is 23.6 Å². The first-order valence-corrected chi connectivity index (χ1v) is 12.1. The van der Waals surface area contributed by atoms with Crippen LogP contribution in [0.25, 0.3) is 0 Å². The highest BCUT2D eigenvalue weighted by Crippen LogP contribution is 2.26. The van der Waals surface area contributed by atoms with Crippen LogP contribution in [0.1, 0.15) is 36.2 Å². The summed E-state index contributed by atoms with van der Waals surface area (Å²) < 4.78 is 24.1. The second-order valence-corrected chi connectivity index (χ2v) is 9.94. The molecule has 0 N–H and O–H groups in total. The molecule has 1 heterocycles. The Hall–Kier alpha value is -2.05. The van der Waals surface area contributed by atoms with Crippen LogP contribution in [0.15, 0.2) is 48.5 Å². The van der Waals surface area contributed by atoms with Crippen LogP contribution in [-0.2, 0) is 16.4 Å². The maximum absolute atomic E-state index is 13.3. The predicted molar refractivity (Wildman–Crippen MR) is 118 cm³/mol. The maximum Gasteiger partial charge on any atom is 0.255 e. The lowest BCUT2D eigenvalue weighted by Gasteiger charge is -2.29. The fourth-order valence-corrected chi connectivity index (χ4v) is 5.72. The monoisotopic (exact) mass is 434 g/mol. The molecular weight excluding hydrogens is 408 g/mol. The van der Waals surface area contributed by atoms with Crippen molar-refractivity contribution >= 4 is 33.0 Å². The summed E-state index contributed by atoms with van der Waals surface area (Å²) in [5.41, 5.74) is 2.50. The van der Waals surface area contributed by atoms with Gasteiger partial charge in [-0.25, -0.2) is 8.42 Å². The van der Waals surface area contributed by atoms with Gasteiger partial charge in [-0.05, 0) is 50.1 Å². The van der Waals surface area contributed by atoms with Crippen LogP contribution < -0.4 is 4.90 Å². The second kappa shape index (κ2) is 9.18. The zero-order chi connectivity index (χ0) is 21.0. The van der Waals surface area contributed by atoms with Gasteiger partial charge in [-0.15, -0.1) is 0 Å². The number of rotatable bonds is 7. The van der Waals surface area contributed by atoms with Gasteiger partial charge in [0.15, 0.2) is 9.84 Å². The number of hydrogen-bond acceptors (Lipinski definition) is 4. The summed E-state index contributed by atoms with van der Waals surface area (Å²) >= 11 is 6.25. The molecule has 1 aliphatic heterocycles. The molecule has 0 aromatic heterocycles. The summed E-state index contributed by atoms with van der Waals surface area (Å²) in [5.74, 6) is -0.114. The molecule has 7 heteroatoms. The number of anilines is 1. The van der Waals surface area contributed by atoms with E-state index in [0.717, 1.165) is 24.3 Å². The molecule has 0 saturated carbocycles. The zero-order valence-electron chi connectivity index (χ0n) is 16.8. The van der Waals surface area contributed by atoms with Gasteiger partial charge in [0.05, 0.1) is 22.1 Å². The van der Waals surface area contributed by atoms with Crippen LogP contribution in [0.5, 0.6) is 0 Å². The van der Waals surface area contributed by atoms with Gasteiger partial charge < -0.3 is 9.80 Å². The molecule has 0 unspecified atom stereocenters. The molecule has 1 aliphatic rings. The standard InChI is InChI=1S/C22H27ClN2O3S/c1-3-24(4-2)18-11-9-17(10-12-18)15-25(19-13-14-29(27,28)16-19)22(26)20-7-5-6-8-21(20)23/h5-12,19H,3-4,13-16H2,1-2H3/t19-/m0/s1. The van der Waals surface area contributed by atoms with Crippen LogP contribution in [0.4, 0.5) is 5.69 Å². The molecule has 0 aliphatic carbocycles. The predicted octanol–water partition coefficient (Wildman–Crippen LogP) is 4.02. The third-order valence-corrected chi connectivity index (χ3v) is 7.51. The van der Waals surface area contributed by atoms with Gasteiger partial charge in [-0.1, -0.05) is 35.9 Å². The van der Waals surface area contributed by atoms with Crippen molar-refractivity contribution in [2.24, 2.45) is 0 Å². The lowest BCUT2D eigenvalue weighted by atomic mass is 10.1.